The summed E-state index contributed by atoms with van der Waals surface area (Å²) < 4.78 is 11.6. The highest BCUT2D eigenvalue weighted by Gasteiger charge is 2.19. The van der Waals surface area contributed by atoms with Crippen LogP contribution in [0, 0.1) is 0 Å². The Kier molecular flexibility index (Phi) is 6.55. The monoisotopic (exact) mass is 676 g/mol. The molecule has 0 spiro atoms. The van der Waals surface area contributed by atoms with Crippen LogP contribution in [0.5, 0.6) is 0 Å². The van der Waals surface area contributed by atoms with Gasteiger partial charge in [-0.2, -0.15) is 0 Å². The summed E-state index contributed by atoms with van der Waals surface area (Å²) in [7, 11) is 0. The normalized spacial score (nSPS) is 11.8. The average Bonchev–Trinajstić information content (AvgIpc) is 3.94. The van der Waals surface area contributed by atoms with Crippen LogP contribution < -0.4 is 0 Å². The van der Waals surface area contributed by atoms with Crippen molar-refractivity contribution in [2.45, 2.75) is 0 Å². The van der Waals surface area contributed by atoms with Crippen molar-refractivity contribution in [3.63, 3.8) is 0 Å². The van der Waals surface area contributed by atoms with Crippen LogP contribution in [0.1, 0.15) is 0 Å². The van der Waals surface area contributed by atoms with E-state index in [0.29, 0.717) is 0 Å². The molecule has 0 saturated heterocycles. The van der Waals surface area contributed by atoms with Crippen LogP contribution in [0.4, 0.5) is 0 Å². The van der Waals surface area contributed by atoms with Gasteiger partial charge >= 0.3 is 0 Å². The SMILES string of the molecule is c1ccc(-c2ccc(-c3cccc4c3oc3c(-c5ccc(-n6c7ccccc7c7ccc8ccn(-c9ccccc9)c8c76)cc5)cccc34)cc2)cc1. The standard InChI is InChI=1S/C50H32N2O/c1-3-11-33(12-4-1)34-21-23-35(24-22-34)40-16-9-18-44-45-19-10-17-41(50(45)53-49(40)44)36-25-28-39(29-26-36)52-46-20-8-7-15-42(46)43-30-27-37-31-32-51(47(37)48(43)52)38-13-5-2-6-14-38/h1-32H. The summed E-state index contributed by atoms with van der Waals surface area (Å²) in [5.41, 5.74) is 14.5. The molecule has 3 heterocycles. The van der Waals surface area contributed by atoms with E-state index in [1.165, 1.54) is 43.8 Å². The van der Waals surface area contributed by atoms with Gasteiger partial charge in [-0.05, 0) is 58.7 Å². The van der Waals surface area contributed by atoms with E-state index < -0.39 is 0 Å². The summed E-state index contributed by atoms with van der Waals surface area (Å²) >= 11 is 0. The maximum Gasteiger partial charge on any atom is 0.143 e. The summed E-state index contributed by atoms with van der Waals surface area (Å²) in [5.74, 6) is 0. The largest absolute Gasteiger partial charge is 0.455 e. The Bertz CT molecular complexity index is 3130. The van der Waals surface area contributed by atoms with Gasteiger partial charge in [0.25, 0.3) is 0 Å². The zero-order chi connectivity index (χ0) is 34.9. The maximum atomic E-state index is 6.84. The smallest absolute Gasteiger partial charge is 0.143 e. The summed E-state index contributed by atoms with van der Waals surface area (Å²) in [6, 6.07) is 67.3. The second-order valence-electron chi connectivity index (χ2n) is 13.7. The first-order valence-electron chi connectivity index (χ1n) is 18.1. The Morgan fingerprint density at radius 3 is 1.60 bits per heavy atom. The highest BCUT2D eigenvalue weighted by molar-refractivity contribution is 6.18. The van der Waals surface area contributed by atoms with Crippen molar-refractivity contribution in [3.05, 3.63) is 194 Å². The molecule has 0 aliphatic heterocycles. The highest BCUT2D eigenvalue weighted by Crippen LogP contribution is 2.42. The number of aromatic nitrogens is 2. The lowest BCUT2D eigenvalue weighted by molar-refractivity contribution is 0.671. The average molecular weight is 677 g/mol. The molecule has 0 atom stereocenters. The molecule has 0 N–H and O–H groups in total. The van der Waals surface area contributed by atoms with Gasteiger partial charge in [0.15, 0.2) is 0 Å². The van der Waals surface area contributed by atoms with Gasteiger partial charge in [0.05, 0.1) is 16.6 Å². The lowest BCUT2D eigenvalue weighted by Crippen LogP contribution is -1.98. The number of hydrogen-bond acceptors (Lipinski definition) is 1. The minimum Gasteiger partial charge on any atom is -0.455 e. The molecule has 0 saturated carbocycles. The molecule has 8 aromatic carbocycles. The van der Waals surface area contributed by atoms with Gasteiger partial charge in [0.1, 0.15) is 11.2 Å². The first-order chi connectivity index (χ1) is 26.3. The first-order valence-corrected chi connectivity index (χ1v) is 18.1. The number of hydrogen-bond donors (Lipinski definition) is 0. The van der Waals surface area contributed by atoms with Gasteiger partial charge in [-0.1, -0.05) is 152 Å². The van der Waals surface area contributed by atoms with Crippen LogP contribution in [0.25, 0.3) is 99.4 Å². The molecule has 248 valence electrons. The fourth-order valence-electron chi connectivity index (χ4n) is 8.28. The minimum absolute atomic E-state index is 0.905. The van der Waals surface area contributed by atoms with Crippen molar-refractivity contribution in [1.29, 1.82) is 0 Å². The van der Waals surface area contributed by atoms with E-state index in [9.17, 15) is 0 Å². The number of fused-ring (bicyclic) bond motifs is 8. The number of para-hydroxylation sites is 4. The predicted molar refractivity (Wildman–Crippen MR) is 221 cm³/mol. The Morgan fingerprint density at radius 1 is 0.340 bits per heavy atom. The van der Waals surface area contributed by atoms with Gasteiger partial charge in [0, 0.05) is 55.6 Å². The van der Waals surface area contributed by atoms with E-state index in [-0.39, 0.29) is 0 Å². The highest BCUT2D eigenvalue weighted by atomic mass is 16.3. The van der Waals surface area contributed by atoms with E-state index in [4.69, 9.17) is 4.42 Å². The third-order valence-corrected chi connectivity index (χ3v) is 10.8. The fourth-order valence-corrected chi connectivity index (χ4v) is 8.28. The molecule has 3 nitrogen and oxygen atoms in total. The van der Waals surface area contributed by atoms with E-state index >= 15 is 0 Å². The molecule has 11 rings (SSSR count). The van der Waals surface area contributed by atoms with Gasteiger partial charge < -0.3 is 13.6 Å². The number of benzene rings is 8. The van der Waals surface area contributed by atoms with Crippen molar-refractivity contribution in [1.82, 2.24) is 9.13 Å². The summed E-state index contributed by atoms with van der Waals surface area (Å²) in [4.78, 5) is 0. The third-order valence-electron chi connectivity index (χ3n) is 10.8. The van der Waals surface area contributed by atoms with Crippen LogP contribution in [0.3, 0.4) is 0 Å². The topological polar surface area (TPSA) is 23.0 Å². The lowest BCUT2D eigenvalue weighted by atomic mass is 9.98. The molecule has 0 amide bonds. The first kappa shape index (κ1) is 29.6. The molecule has 0 aliphatic rings. The molecular weight excluding hydrogens is 645 g/mol. The van der Waals surface area contributed by atoms with Crippen molar-refractivity contribution in [2.75, 3.05) is 0 Å². The Balaban J connectivity index is 1.04. The van der Waals surface area contributed by atoms with E-state index in [1.54, 1.807) is 0 Å². The Labute approximate surface area is 306 Å². The zero-order valence-electron chi connectivity index (χ0n) is 28.8. The summed E-state index contributed by atoms with van der Waals surface area (Å²) in [6.07, 6.45) is 2.18. The molecule has 0 radical (unpaired) electrons. The van der Waals surface area contributed by atoms with Crippen LogP contribution >= 0.6 is 0 Å². The number of furan rings is 1. The van der Waals surface area contributed by atoms with Gasteiger partial charge in [-0.15, -0.1) is 0 Å². The second-order valence-corrected chi connectivity index (χ2v) is 13.7. The van der Waals surface area contributed by atoms with Crippen molar-refractivity contribution in [2.24, 2.45) is 0 Å². The quantitative estimate of drug-likeness (QED) is 0.178. The van der Waals surface area contributed by atoms with Crippen LogP contribution in [-0.4, -0.2) is 9.13 Å². The molecule has 3 heteroatoms. The van der Waals surface area contributed by atoms with Crippen molar-refractivity contribution < 1.29 is 4.42 Å². The van der Waals surface area contributed by atoms with Crippen LogP contribution in [0.2, 0.25) is 0 Å². The van der Waals surface area contributed by atoms with Gasteiger partial charge in [-0.25, -0.2) is 0 Å². The molecule has 0 fully saturated rings. The fraction of sp³-hybridized carbons (Fsp3) is 0. The molecule has 0 bridgehead atoms. The molecule has 0 aliphatic carbocycles. The third kappa shape index (κ3) is 4.61. The molecule has 53 heavy (non-hydrogen) atoms. The molecule has 11 aromatic rings. The number of nitrogens with zero attached hydrogens (tertiary/aromatic N) is 2. The lowest BCUT2D eigenvalue weighted by Gasteiger charge is -2.12. The van der Waals surface area contributed by atoms with Crippen LogP contribution in [-0.2, 0) is 0 Å². The summed E-state index contributed by atoms with van der Waals surface area (Å²) in [5, 5.41) is 5.94. The molecular formula is C50H32N2O. The second kappa shape index (κ2) is 11.7. The van der Waals surface area contributed by atoms with E-state index in [2.05, 4.69) is 203 Å². The Morgan fingerprint density at radius 2 is 0.906 bits per heavy atom. The maximum absolute atomic E-state index is 6.84. The van der Waals surface area contributed by atoms with Crippen molar-refractivity contribution >= 4 is 54.6 Å². The zero-order valence-corrected chi connectivity index (χ0v) is 28.8. The van der Waals surface area contributed by atoms with Gasteiger partial charge in [-0.3, -0.25) is 0 Å². The van der Waals surface area contributed by atoms with Gasteiger partial charge in [0.2, 0.25) is 0 Å². The summed E-state index contributed by atoms with van der Waals surface area (Å²) in [6.45, 7) is 0. The van der Waals surface area contributed by atoms with Crippen LogP contribution in [0.15, 0.2) is 199 Å². The van der Waals surface area contributed by atoms with E-state index in [0.717, 1.165) is 55.6 Å². The predicted octanol–water partition coefficient (Wildman–Crippen LogP) is 13.6. The minimum atomic E-state index is 0.905. The van der Waals surface area contributed by atoms with E-state index in [1.807, 2.05) is 0 Å². The molecule has 0 unspecified atom stereocenters. The Hall–Kier alpha value is -7.10. The number of rotatable bonds is 5. The van der Waals surface area contributed by atoms with Crippen molar-refractivity contribution in [3.8, 4) is 44.8 Å². The molecule has 3 aromatic heterocycles.